The Morgan fingerprint density at radius 1 is 1.43 bits per heavy atom. The van der Waals surface area contributed by atoms with Crippen LogP contribution < -0.4 is 14.4 Å². The van der Waals surface area contributed by atoms with E-state index in [1.165, 1.54) is 15.6 Å². The number of aromatic nitrogens is 2. The fourth-order valence-electron chi connectivity index (χ4n) is 2.55. The van der Waals surface area contributed by atoms with Crippen molar-refractivity contribution in [3.8, 4) is 5.75 Å². The van der Waals surface area contributed by atoms with Crippen molar-refractivity contribution in [2.24, 2.45) is 5.92 Å². The molecule has 28 heavy (non-hydrogen) atoms. The molecular weight excluding hydrogens is 420 g/mol. The van der Waals surface area contributed by atoms with E-state index in [0.717, 1.165) is 21.9 Å². The molecule has 1 aromatic carbocycles. The minimum absolute atomic E-state index is 0.102. The third kappa shape index (κ3) is 4.95. The predicted octanol–water partition coefficient (Wildman–Crippen LogP) is 2.76. The minimum Gasteiger partial charge on any atom is -0.476 e. The molecule has 1 amide bonds. The largest absolute Gasteiger partial charge is 0.476 e. The van der Waals surface area contributed by atoms with Crippen LogP contribution in [0.15, 0.2) is 22.5 Å². The molecule has 0 saturated carbocycles. The Labute approximate surface area is 172 Å². The molecule has 0 aliphatic carbocycles. The molecule has 0 fully saturated rings. The van der Waals surface area contributed by atoms with Crippen LogP contribution in [0.25, 0.3) is 0 Å². The first-order valence-electron chi connectivity index (χ1n) is 8.65. The van der Waals surface area contributed by atoms with Gasteiger partial charge in [0.1, 0.15) is 5.75 Å². The standard InChI is InChI=1S/C17H22N4O4S3/c1-10(2)9-26-17-20-19-16(27-17)18-15(22)14-8-21(28(4,23)24)12-7-11(3)5-6-13(12)25-14/h5-7,10,14H,8-9H2,1-4H3,(H,18,19,22)/t14-/m0/s1. The molecule has 1 atom stereocenters. The lowest BCUT2D eigenvalue weighted by Gasteiger charge is -2.34. The summed E-state index contributed by atoms with van der Waals surface area (Å²) in [4.78, 5) is 12.7. The Balaban J connectivity index is 1.75. The van der Waals surface area contributed by atoms with Gasteiger partial charge in [-0.05, 0) is 30.5 Å². The summed E-state index contributed by atoms with van der Waals surface area (Å²) < 4.78 is 32.2. The van der Waals surface area contributed by atoms with Crippen LogP contribution in [0.2, 0.25) is 0 Å². The smallest absolute Gasteiger partial charge is 0.269 e. The average Bonchev–Trinajstić information content (AvgIpc) is 3.05. The van der Waals surface area contributed by atoms with Gasteiger partial charge in [-0.1, -0.05) is 43.0 Å². The van der Waals surface area contributed by atoms with Crippen molar-refractivity contribution >= 4 is 49.8 Å². The van der Waals surface area contributed by atoms with Gasteiger partial charge in [-0.15, -0.1) is 10.2 Å². The van der Waals surface area contributed by atoms with Crippen LogP contribution in [0.5, 0.6) is 5.75 Å². The Morgan fingerprint density at radius 3 is 2.86 bits per heavy atom. The maximum Gasteiger partial charge on any atom is 0.269 e. The monoisotopic (exact) mass is 442 g/mol. The lowest BCUT2D eigenvalue weighted by Crippen LogP contribution is -2.48. The summed E-state index contributed by atoms with van der Waals surface area (Å²) in [7, 11) is -3.56. The van der Waals surface area contributed by atoms with Crippen molar-refractivity contribution < 1.29 is 17.9 Å². The van der Waals surface area contributed by atoms with E-state index in [0.29, 0.717) is 22.5 Å². The van der Waals surface area contributed by atoms with Crippen molar-refractivity contribution in [3.63, 3.8) is 0 Å². The van der Waals surface area contributed by atoms with E-state index in [1.54, 1.807) is 23.9 Å². The number of rotatable bonds is 6. The first kappa shape index (κ1) is 20.9. The van der Waals surface area contributed by atoms with Crippen LogP contribution in [-0.4, -0.2) is 49.2 Å². The van der Waals surface area contributed by atoms with Crippen LogP contribution >= 0.6 is 23.1 Å². The van der Waals surface area contributed by atoms with E-state index >= 15 is 0 Å². The number of carbonyl (C=O) groups excluding carboxylic acids is 1. The highest BCUT2D eigenvalue weighted by atomic mass is 32.2. The zero-order valence-electron chi connectivity index (χ0n) is 16.0. The number of hydrogen-bond donors (Lipinski definition) is 1. The number of carbonyl (C=O) groups is 1. The summed E-state index contributed by atoms with van der Waals surface area (Å²) in [6.45, 7) is 5.99. The van der Waals surface area contributed by atoms with Gasteiger partial charge in [-0.25, -0.2) is 8.42 Å². The highest BCUT2D eigenvalue weighted by molar-refractivity contribution is 8.01. The van der Waals surface area contributed by atoms with Crippen molar-refractivity contribution in [2.45, 2.75) is 31.2 Å². The molecule has 0 radical (unpaired) electrons. The summed E-state index contributed by atoms with van der Waals surface area (Å²) in [5.41, 5.74) is 1.34. The molecule has 0 bridgehead atoms. The van der Waals surface area contributed by atoms with Crippen LogP contribution in [0, 0.1) is 12.8 Å². The van der Waals surface area contributed by atoms with Crippen LogP contribution in [-0.2, 0) is 14.8 Å². The Morgan fingerprint density at radius 2 is 2.18 bits per heavy atom. The van der Waals surface area contributed by atoms with E-state index in [1.807, 2.05) is 13.0 Å². The second kappa shape index (κ2) is 8.26. The van der Waals surface area contributed by atoms with Gasteiger partial charge in [-0.2, -0.15) is 0 Å². The van der Waals surface area contributed by atoms with Crippen molar-refractivity contribution in [3.05, 3.63) is 23.8 Å². The number of nitrogens with one attached hydrogen (secondary N) is 1. The van der Waals surface area contributed by atoms with Crippen LogP contribution in [0.4, 0.5) is 10.8 Å². The number of sulfonamides is 1. The van der Waals surface area contributed by atoms with Gasteiger partial charge in [0.05, 0.1) is 18.5 Å². The van der Waals surface area contributed by atoms with E-state index in [9.17, 15) is 13.2 Å². The van der Waals surface area contributed by atoms with Crippen LogP contribution in [0.1, 0.15) is 19.4 Å². The summed E-state index contributed by atoms with van der Waals surface area (Å²) in [5.74, 6) is 1.32. The molecule has 0 saturated heterocycles. The molecule has 0 spiro atoms. The summed E-state index contributed by atoms with van der Waals surface area (Å²) in [5, 5.41) is 11.1. The zero-order valence-corrected chi connectivity index (χ0v) is 18.4. The third-order valence-corrected chi connectivity index (χ3v) is 7.40. The highest BCUT2D eigenvalue weighted by Gasteiger charge is 2.35. The summed E-state index contributed by atoms with van der Waals surface area (Å²) in [6, 6.07) is 5.21. The first-order chi connectivity index (χ1) is 13.1. The van der Waals surface area contributed by atoms with E-state index in [-0.39, 0.29) is 6.54 Å². The molecule has 2 aromatic rings. The number of hydrogen-bond acceptors (Lipinski definition) is 8. The van der Waals surface area contributed by atoms with Gasteiger partial charge in [-0.3, -0.25) is 14.4 Å². The zero-order chi connectivity index (χ0) is 20.5. The Kier molecular flexibility index (Phi) is 6.15. The maximum atomic E-state index is 12.7. The molecule has 1 aliphatic heterocycles. The lowest BCUT2D eigenvalue weighted by molar-refractivity contribution is -0.122. The first-order valence-corrected chi connectivity index (χ1v) is 12.3. The van der Waals surface area contributed by atoms with E-state index in [2.05, 4.69) is 29.4 Å². The fourth-order valence-corrected chi connectivity index (χ4v) is 5.19. The van der Waals surface area contributed by atoms with Gasteiger partial charge >= 0.3 is 0 Å². The normalized spacial score (nSPS) is 16.6. The van der Waals surface area contributed by atoms with Crippen LogP contribution in [0.3, 0.4) is 0 Å². The van der Waals surface area contributed by atoms with Gasteiger partial charge in [0, 0.05) is 5.75 Å². The lowest BCUT2D eigenvalue weighted by atomic mass is 10.1. The second-order valence-electron chi connectivity index (χ2n) is 6.94. The molecule has 2 heterocycles. The molecular formula is C17H22N4O4S3. The minimum atomic E-state index is -3.56. The number of amides is 1. The van der Waals surface area contributed by atoms with Crippen molar-refractivity contribution in [1.29, 1.82) is 0 Å². The van der Waals surface area contributed by atoms with Crippen molar-refractivity contribution in [2.75, 3.05) is 28.2 Å². The Bertz CT molecular complexity index is 975. The molecule has 11 heteroatoms. The number of nitrogens with zero attached hydrogens (tertiary/aromatic N) is 3. The second-order valence-corrected chi connectivity index (χ2v) is 11.1. The fraction of sp³-hybridized carbons (Fsp3) is 0.471. The van der Waals surface area contributed by atoms with Gasteiger partial charge in [0.2, 0.25) is 15.2 Å². The summed E-state index contributed by atoms with van der Waals surface area (Å²) >= 11 is 2.87. The molecule has 1 N–H and O–H groups in total. The highest BCUT2D eigenvalue weighted by Crippen LogP contribution is 2.36. The number of anilines is 2. The number of ether oxygens (including phenoxy) is 1. The van der Waals surface area contributed by atoms with Gasteiger partial charge in [0.15, 0.2) is 10.4 Å². The third-order valence-electron chi connectivity index (χ3n) is 3.85. The molecule has 3 rings (SSSR count). The quantitative estimate of drug-likeness (QED) is 0.542. The number of benzene rings is 1. The SMILES string of the molecule is Cc1ccc2c(c1)N(S(C)(=O)=O)C[C@@H](C(=O)Nc1nnc(SCC(C)C)s1)O2. The van der Waals surface area contributed by atoms with Gasteiger partial charge < -0.3 is 4.74 Å². The van der Waals surface area contributed by atoms with Crippen molar-refractivity contribution in [1.82, 2.24) is 10.2 Å². The molecule has 8 nitrogen and oxygen atoms in total. The van der Waals surface area contributed by atoms with E-state index in [4.69, 9.17) is 4.74 Å². The number of fused-ring (bicyclic) bond motifs is 1. The number of aryl methyl sites for hydroxylation is 1. The summed E-state index contributed by atoms with van der Waals surface area (Å²) in [6.07, 6.45) is 0.128. The Hall–Kier alpha value is -1.85. The molecule has 0 unspecified atom stereocenters. The average molecular weight is 443 g/mol. The predicted molar refractivity (Wildman–Crippen MR) is 112 cm³/mol. The molecule has 1 aromatic heterocycles. The molecule has 1 aliphatic rings. The van der Waals surface area contributed by atoms with Gasteiger partial charge in [0.25, 0.3) is 5.91 Å². The van der Waals surface area contributed by atoms with E-state index < -0.39 is 22.0 Å². The molecule has 152 valence electrons. The number of thioether (sulfide) groups is 1. The topological polar surface area (TPSA) is 101 Å². The maximum absolute atomic E-state index is 12.7.